The number of halogens is 1. The second kappa shape index (κ2) is 9.69. The molecule has 0 aliphatic heterocycles. The summed E-state index contributed by atoms with van der Waals surface area (Å²) in [6.45, 7) is 0. The number of carbonyl (C=O) groups excluding carboxylic acids is 1. The summed E-state index contributed by atoms with van der Waals surface area (Å²) in [6.07, 6.45) is 7.66. The first-order chi connectivity index (χ1) is 15.8. The topological polar surface area (TPSA) is 99.3 Å². The van der Waals surface area contributed by atoms with Crippen LogP contribution >= 0.6 is 15.9 Å². The molecule has 0 bridgehead atoms. The van der Waals surface area contributed by atoms with Crippen LogP contribution in [0.25, 0.3) is 10.9 Å². The first-order valence-corrected chi connectivity index (χ1v) is 13.2. The number of anilines is 1. The van der Waals surface area contributed by atoms with Gasteiger partial charge < -0.3 is 10.3 Å². The van der Waals surface area contributed by atoms with Crippen molar-refractivity contribution in [3.63, 3.8) is 0 Å². The summed E-state index contributed by atoms with van der Waals surface area (Å²) in [5.41, 5.74) is 0.459. The molecule has 3 aromatic rings. The van der Waals surface area contributed by atoms with E-state index in [0.29, 0.717) is 11.2 Å². The predicted molar refractivity (Wildman–Crippen MR) is 133 cm³/mol. The Kier molecular flexibility index (Phi) is 6.90. The van der Waals surface area contributed by atoms with Crippen LogP contribution in [-0.2, 0) is 10.0 Å². The molecular formula is C24H26BrN3O4S. The van der Waals surface area contributed by atoms with E-state index in [4.69, 9.17) is 0 Å². The maximum Gasteiger partial charge on any atom is 0.264 e. The zero-order chi connectivity index (χ0) is 23.6. The van der Waals surface area contributed by atoms with Gasteiger partial charge in [0.1, 0.15) is 5.56 Å². The number of carbonyl (C=O) groups is 1. The Hall–Kier alpha value is -2.65. The molecule has 9 heteroatoms. The summed E-state index contributed by atoms with van der Waals surface area (Å²) < 4.78 is 28.4. The quantitative estimate of drug-likeness (QED) is 0.471. The van der Waals surface area contributed by atoms with Crippen LogP contribution in [0, 0.1) is 0 Å². The van der Waals surface area contributed by atoms with Gasteiger partial charge in [-0.05, 0) is 55.3 Å². The van der Waals surface area contributed by atoms with Crippen molar-refractivity contribution in [2.45, 2.75) is 49.5 Å². The van der Waals surface area contributed by atoms with Gasteiger partial charge in [0.05, 0.1) is 10.6 Å². The Morgan fingerprint density at radius 1 is 1.06 bits per heavy atom. The minimum absolute atomic E-state index is 0.0115. The van der Waals surface area contributed by atoms with E-state index in [2.05, 4.69) is 26.2 Å². The van der Waals surface area contributed by atoms with Crippen molar-refractivity contribution in [1.29, 1.82) is 0 Å². The number of sulfonamides is 1. The summed E-state index contributed by atoms with van der Waals surface area (Å²) in [5, 5.41) is 3.14. The monoisotopic (exact) mass is 531 g/mol. The van der Waals surface area contributed by atoms with Gasteiger partial charge >= 0.3 is 0 Å². The fourth-order valence-electron chi connectivity index (χ4n) is 4.16. The first-order valence-electron chi connectivity index (χ1n) is 11.0. The molecule has 0 radical (unpaired) electrons. The Balaban J connectivity index is 1.66. The fourth-order valence-corrected chi connectivity index (χ4v) is 5.65. The van der Waals surface area contributed by atoms with Crippen molar-refractivity contribution >= 4 is 48.5 Å². The van der Waals surface area contributed by atoms with Crippen molar-refractivity contribution in [2.75, 3.05) is 11.4 Å². The highest BCUT2D eigenvalue weighted by Crippen LogP contribution is 2.25. The minimum atomic E-state index is -3.91. The molecule has 2 aromatic carbocycles. The first kappa shape index (κ1) is 23.5. The van der Waals surface area contributed by atoms with Crippen molar-refractivity contribution in [3.05, 3.63) is 68.9 Å². The molecule has 0 spiro atoms. The minimum Gasteiger partial charge on any atom is -0.360 e. The van der Waals surface area contributed by atoms with E-state index in [-0.39, 0.29) is 21.9 Å². The van der Waals surface area contributed by atoms with Gasteiger partial charge in [-0.2, -0.15) is 0 Å². The van der Waals surface area contributed by atoms with E-state index in [1.54, 1.807) is 30.3 Å². The second-order valence-corrected chi connectivity index (χ2v) is 11.2. The van der Waals surface area contributed by atoms with Crippen molar-refractivity contribution < 1.29 is 13.2 Å². The molecule has 1 aliphatic rings. The Bertz CT molecular complexity index is 1330. The van der Waals surface area contributed by atoms with Crippen LogP contribution in [0.5, 0.6) is 0 Å². The van der Waals surface area contributed by atoms with Gasteiger partial charge in [0.2, 0.25) is 5.43 Å². The van der Waals surface area contributed by atoms with Gasteiger partial charge in [0.25, 0.3) is 15.9 Å². The van der Waals surface area contributed by atoms with Crippen molar-refractivity contribution in [1.82, 2.24) is 10.3 Å². The number of nitrogens with zero attached hydrogens (tertiary/aromatic N) is 1. The molecule has 1 aromatic heterocycles. The molecule has 1 saturated carbocycles. The lowest BCUT2D eigenvalue weighted by Gasteiger charge is -2.20. The molecule has 174 valence electrons. The lowest BCUT2D eigenvalue weighted by Crippen LogP contribution is -2.37. The molecule has 1 amide bonds. The summed E-state index contributed by atoms with van der Waals surface area (Å²) in [4.78, 5) is 28.9. The number of aromatic amines is 1. The molecule has 1 heterocycles. The van der Waals surface area contributed by atoms with E-state index >= 15 is 0 Å². The average molecular weight is 532 g/mol. The number of rotatable bonds is 5. The van der Waals surface area contributed by atoms with Gasteiger partial charge in [-0.3, -0.25) is 13.9 Å². The molecule has 0 atom stereocenters. The maximum absolute atomic E-state index is 13.2. The fraction of sp³-hybridized carbons (Fsp3) is 0.333. The summed E-state index contributed by atoms with van der Waals surface area (Å²) >= 11 is 3.34. The number of hydrogen-bond donors (Lipinski definition) is 2. The highest BCUT2D eigenvalue weighted by Gasteiger charge is 2.23. The number of benzene rings is 2. The molecule has 1 fully saturated rings. The molecule has 7 nitrogen and oxygen atoms in total. The molecule has 4 rings (SSSR count). The molecule has 2 N–H and O–H groups in total. The van der Waals surface area contributed by atoms with Crippen LogP contribution in [0.2, 0.25) is 0 Å². The SMILES string of the molecule is CN(c1ccc(Br)cc1)S(=O)(=O)c1ccc2[nH]cc(C(=O)NC3CCCCCC3)c(=O)c2c1. The average Bonchev–Trinajstić information content (AvgIpc) is 3.07. The number of nitrogens with one attached hydrogen (secondary N) is 2. The number of H-pyrrole nitrogens is 1. The summed E-state index contributed by atoms with van der Waals surface area (Å²) in [6, 6.07) is 11.3. The van der Waals surface area contributed by atoms with Gasteiger partial charge in [-0.25, -0.2) is 8.42 Å². The van der Waals surface area contributed by atoms with E-state index in [1.807, 2.05) is 0 Å². The molecule has 0 unspecified atom stereocenters. The molecule has 1 aliphatic carbocycles. The predicted octanol–water partition coefficient (Wildman–Crippen LogP) is 4.57. The number of aromatic nitrogens is 1. The van der Waals surface area contributed by atoms with E-state index < -0.39 is 21.4 Å². The standard InChI is InChI=1S/C24H26BrN3O4S/c1-28(18-10-8-16(25)9-11-18)33(31,32)19-12-13-22-20(14-19)23(29)21(15-26-22)24(30)27-17-6-4-2-3-5-7-17/h8-15,17H,2-7H2,1H3,(H,26,29)(H,27,30). The van der Waals surface area contributed by atoms with Gasteiger partial charge in [-0.1, -0.05) is 41.6 Å². The highest BCUT2D eigenvalue weighted by atomic mass is 79.9. The molecule has 0 saturated heterocycles. The summed E-state index contributed by atoms with van der Waals surface area (Å²) in [7, 11) is -2.45. The zero-order valence-electron chi connectivity index (χ0n) is 18.3. The van der Waals surface area contributed by atoms with Crippen LogP contribution < -0.4 is 15.1 Å². The van der Waals surface area contributed by atoms with Gasteiger partial charge in [0, 0.05) is 34.7 Å². The van der Waals surface area contributed by atoms with Crippen molar-refractivity contribution in [3.8, 4) is 0 Å². The van der Waals surface area contributed by atoms with E-state index in [9.17, 15) is 18.0 Å². The van der Waals surface area contributed by atoms with Crippen LogP contribution in [0.15, 0.2) is 62.8 Å². The van der Waals surface area contributed by atoms with E-state index in [0.717, 1.165) is 47.3 Å². The lowest BCUT2D eigenvalue weighted by atomic mass is 10.1. The molecular weight excluding hydrogens is 506 g/mol. The van der Waals surface area contributed by atoms with E-state index in [1.165, 1.54) is 25.4 Å². The zero-order valence-corrected chi connectivity index (χ0v) is 20.7. The van der Waals surface area contributed by atoms with Gasteiger partial charge in [-0.15, -0.1) is 0 Å². The second-order valence-electron chi connectivity index (χ2n) is 8.35. The number of pyridine rings is 1. The molecule has 33 heavy (non-hydrogen) atoms. The third-order valence-corrected chi connectivity index (χ3v) is 8.45. The Labute approximate surface area is 201 Å². The number of fused-ring (bicyclic) bond motifs is 1. The lowest BCUT2D eigenvalue weighted by molar-refractivity contribution is 0.0932. The van der Waals surface area contributed by atoms with Crippen LogP contribution in [0.1, 0.15) is 48.9 Å². The van der Waals surface area contributed by atoms with Gasteiger partial charge in [0.15, 0.2) is 0 Å². The number of hydrogen-bond acceptors (Lipinski definition) is 4. The van der Waals surface area contributed by atoms with Crippen LogP contribution in [-0.4, -0.2) is 32.4 Å². The maximum atomic E-state index is 13.2. The Morgan fingerprint density at radius 2 is 1.73 bits per heavy atom. The summed E-state index contributed by atoms with van der Waals surface area (Å²) in [5.74, 6) is -0.426. The largest absolute Gasteiger partial charge is 0.360 e. The van der Waals surface area contributed by atoms with Crippen LogP contribution in [0.4, 0.5) is 5.69 Å². The normalized spacial score (nSPS) is 15.2. The number of amides is 1. The smallest absolute Gasteiger partial charge is 0.264 e. The van der Waals surface area contributed by atoms with Crippen molar-refractivity contribution in [2.24, 2.45) is 0 Å². The third-order valence-electron chi connectivity index (χ3n) is 6.14. The Morgan fingerprint density at radius 3 is 2.39 bits per heavy atom. The van der Waals surface area contributed by atoms with Crippen LogP contribution in [0.3, 0.4) is 0 Å². The highest BCUT2D eigenvalue weighted by molar-refractivity contribution is 9.10. The third kappa shape index (κ3) is 4.99.